The van der Waals surface area contributed by atoms with Crippen LogP contribution in [-0.4, -0.2) is 40.4 Å². The summed E-state index contributed by atoms with van der Waals surface area (Å²) in [6.45, 7) is 1.23. The number of nitrogens with zero attached hydrogens (tertiary/aromatic N) is 3. The maximum absolute atomic E-state index is 13.7. The van der Waals surface area contributed by atoms with Gasteiger partial charge in [0.2, 0.25) is 10.0 Å². The molecule has 0 bridgehead atoms. The van der Waals surface area contributed by atoms with Crippen LogP contribution in [0.1, 0.15) is 23.2 Å². The number of H-pyrrole nitrogens is 1. The maximum atomic E-state index is 13.7. The summed E-state index contributed by atoms with van der Waals surface area (Å²) in [4.78, 5) is 9.85. The van der Waals surface area contributed by atoms with E-state index in [1.54, 1.807) is 10.6 Å². The van der Waals surface area contributed by atoms with E-state index in [0.29, 0.717) is 13.1 Å². The minimum absolute atomic E-state index is 0.0385. The lowest BCUT2D eigenvalue weighted by atomic mass is 10.0. The van der Waals surface area contributed by atoms with Crippen LogP contribution in [-0.2, 0) is 29.5 Å². The Kier molecular flexibility index (Phi) is 6.57. The SMILES string of the molecule is O=S(=O)(c1ccc(O)cc1)N1Cc2ccccc2N(Cc2cnc[nH]2)C(CCc2ccccc2)C1. The van der Waals surface area contributed by atoms with Gasteiger partial charge in [0.05, 0.1) is 23.5 Å². The van der Waals surface area contributed by atoms with Crippen molar-refractivity contribution < 1.29 is 13.5 Å². The molecule has 0 amide bonds. The van der Waals surface area contributed by atoms with Crippen LogP contribution in [0.25, 0.3) is 0 Å². The van der Waals surface area contributed by atoms with E-state index < -0.39 is 10.0 Å². The summed E-state index contributed by atoms with van der Waals surface area (Å²) < 4.78 is 29.0. The molecular weight excluding hydrogens is 460 g/mol. The Morgan fingerprint density at radius 1 is 0.971 bits per heavy atom. The van der Waals surface area contributed by atoms with Gasteiger partial charge in [0.25, 0.3) is 0 Å². The standard InChI is InChI=1S/C27H28N4O3S/c32-25-12-14-26(15-13-25)35(33,34)30-17-22-8-4-5-9-27(22)31(18-23-16-28-20-29-23)24(19-30)11-10-21-6-2-1-3-7-21/h1-9,12-16,20,24,32H,10-11,17-19H2,(H,28,29). The first-order valence-corrected chi connectivity index (χ1v) is 13.1. The van der Waals surface area contributed by atoms with E-state index in [9.17, 15) is 13.5 Å². The molecule has 2 N–H and O–H groups in total. The Morgan fingerprint density at radius 2 is 1.71 bits per heavy atom. The maximum Gasteiger partial charge on any atom is 0.243 e. The number of aromatic hydroxyl groups is 1. The lowest BCUT2D eigenvalue weighted by molar-refractivity contribution is 0.370. The molecule has 8 heteroatoms. The molecular formula is C27H28N4O3S. The van der Waals surface area contributed by atoms with E-state index in [1.165, 1.54) is 29.8 Å². The van der Waals surface area contributed by atoms with Gasteiger partial charge in [-0.2, -0.15) is 4.31 Å². The summed E-state index contributed by atoms with van der Waals surface area (Å²) >= 11 is 0. The number of benzene rings is 3. The number of hydrogen-bond donors (Lipinski definition) is 2. The van der Waals surface area contributed by atoms with Crippen molar-refractivity contribution in [2.24, 2.45) is 0 Å². The molecule has 0 aliphatic carbocycles. The lowest BCUT2D eigenvalue weighted by Gasteiger charge is -2.34. The van der Waals surface area contributed by atoms with Crippen LogP contribution >= 0.6 is 0 Å². The van der Waals surface area contributed by atoms with Crippen LogP contribution in [0.5, 0.6) is 5.75 Å². The Balaban J connectivity index is 1.53. The van der Waals surface area contributed by atoms with E-state index in [2.05, 4.69) is 33.1 Å². The second-order valence-corrected chi connectivity index (χ2v) is 10.7. The van der Waals surface area contributed by atoms with E-state index in [-0.39, 0.29) is 23.2 Å². The van der Waals surface area contributed by atoms with Gasteiger partial charge in [-0.05, 0) is 54.3 Å². The molecule has 1 aliphatic heterocycles. The molecule has 35 heavy (non-hydrogen) atoms. The van der Waals surface area contributed by atoms with Crippen molar-refractivity contribution in [3.63, 3.8) is 0 Å². The molecule has 7 nitrogen and oxygen atoms in total. The van der Waals surface area contributed by atoms with Gasteiger partial charge in [-0.3, -0.25) is 0 Å². The number of rotatable bonds is 7. The molecule has 0 radical (unpaired) electrons. The fourth-order valence-electron chi connectivity index (χ4n) is 4.65. The normalized spacial score (nSPS) is 16.6. The predicted molar refractivity (Wildman–Crippen MR) is 135 cm³/mol. The first kappa shape index (κ1) is 23.1. The van der Waals surface area contributed by atoms with Gasteiger partial charge >= 0.3 is 0 Å². The summed E-state index contributed by atoms with van der Waals surface area (Å²) in [6.07, 6.45) is 5.10. The van der Waals surface area contributed by atoms with Crippen LogP contribution in [0.15, 0.2) is 96.3 Å². The molecule has 3 aromatic carbocycles. The van der Waals surface area contributed by atoms with Crippen LogP contribution in [0, 0.1) is 0 Å². The van der Waals surface area contributed by atoms with Gasteiger partial charge in [-0.15, -0.1) is 0 Å². The fourth-order valence-corrected chi connectivity index (χ4v) is 6.11. The molecule has 0 spiro atoms. The Bertz CT molecular complexity index is 1360. The average molecular weight is 489 g/mol. The van der Waals surface area contributed by atoms with Crippen LogP contribution in [0.3, 0.4) is 0 Å². The summed E-state index contributed by atoms with van der Waals surface area (Å²) in [5, 5.41) is 9.66. The quantitative estimate of drug-likeness (QED) is 0.404. The highest BCUT2D eigenvalue weighted by Crippen LogP contribution is 2.33. The molecule has 5 rings (SSSR count). The van der Waals surface area contributed by atoms with Crippen molar-refractivity contribution in [2.45, 2.75) is 36.9 Å². The summed E-state index contributed by atoms with van der Waals surface area (Å²) in [7, 11) is -3.77. The van der Waals surface area contributed by atoms with Crippen molar-refractivity contribution in [3.05, 3.63) is 108 Å². The van der Waals surface area contributed by atoms with E-state index >= 15 is 0 Å². The Labute approximate surface area is 205 Å². The topological polar surface area (TPSA) is 89.5 Å². The second kappa shape index (κ2) is 9.93. The highest BCUT2D eigenvalue weighted by molar-refractivity contribution is 7.89. The minimum Gasteiger partial charge on any atom is -0.508 e. The van der Waals surface area contributed by atoms with Gasteiger partial charge in [-0.25, -0.2) is 13.4 Å². The number of para-hydroxylation sites is 1. The molecule has 1 aromatic heterocycles. The number of aromatic nitrogens is 2. The van der Waals surface area contributed by atoms with Crippen molar-refractivity contribution in [1.82, 2.24) is 14.3 Å². The fraction of sp³-hybridized carbons (Fsp3) is 0.222. The van der Waals surface area contributed by atoms with Crippen molar-refractivity contribution in [3.8, 4) is 5.75 Å². The third-order valence-corrected chi connectivity index (χ3v) is 8.31. The number of phenolic OH excluding ortho intramolecular Hbond substituents is 1. The summed E-state index contributed by atoms with van der Waals surface area (Å²) in [5.74, 6) is 0.0385. The Morgan fingerprint density at radius 3 is 2.46 bits per heavy atom. The smallest absolute Gasteiger partial charge is 0.243 e. The van der Waals surface area contributed by atoms with E-state index in [4.69, 9.17) is 0 Å². The van der Waals surface area contributed by atoms with Crippen molar-refractivity contribution in [1.29, 1.82) is 0 Å². The predicted octanol–water partition coefficient (Wildman–Crippen LogP) is 4.33. The number of fused-ring (bicyclic) bond motifs is 1. The third-order valence-electron chi connectivity index (χ3n) is 6.48. The largest absolute Gasteiger partial charge is 0.508 e. The molecule has 1 unspecified atom stereocenters. The monoisotopic (exact) mass is 488 g/mol. The van der Waals surface area contributed by atoms with Crippen LogP contribution in [0.2, 0.25) is 0 Å². The summed E-state index contributed by atoms with van der Waals surface area (Å²) in [5.41, 5.74) is 4.18. The molecule has 4 aromatic rings. The van der Waals surface area contributed by atoms with Crippen molar-refractivity contribution >= 4 is 15.7 Å². The zero-order chi connectivity index (χ0) is 24.3. The lowest BCUT2D eigenvalue weighted by Crippen LogP contribution is -2.43. The number of aromatic amines is 1. The zero-order valence-corrected chi connectivity index (χ0v) is 20.1. The zero-order valence-electron chi connectivity index (χ0n) is 19.3. The number of anilines is 1. The molecule has 0 fully saturated rings. The molecule has 2 heterocycles. The molecule has 180 valence electrons. The van der Waals surface area contributed by atoms with E-state index in [0.717, 1.165) is 29.8 Å². The highest BCUT2D eigenvalue weighted by Gasteiger charge is 2.34. The van der Waals surface area contributed by atoms with Gasteiger partial charge < -0.3 is 15.0 Å². The van der Waals surface area contributed by atoms with Crippen molar-refractivity contribution in [2.75, 3.05) is 11.4 Å². The van der Waals surface area contributed by atoms with Gasteiger partial charge in [0.15, 0.2) is 0 Å². The van der Waals surface area contributed by atoms with Crippen LogP contribution in [0.4, 0.5) is 5.69 Å². The molecule has 1 atom stereocenters. The number of aryl methyl sites for hydroxylation is 1. The number of imidazole rings is 1. The number of hydrogen-bond acceptors (Lipinski definition) is 5. The molecule has 0 saturated heterocycles. The van der Waals surface area contributed by atoms with E-state index in [1.807, 2.05) is 42.6 Å². The molecule has 1 aliphatic rings. The average Bonchev–Trinajstić information content (AvgIpc) is 3.33. The number of phenols is 1. The first-order chi connectivity index (χ1) is 17.0. The van der Waals surface area contributed by atoms with Gasteiger partial charge in [0, 0.05) is 31.0 Å². The highest BCUT2D eigenvalue weighted by atomic mass is 32.2. The minimum atomic E-state index is -3.77. The molecule has 0 saturated carbocycles. The number of nitrogens with one attached hydrogen (secondary N) is 1. The van der Waals surface area contributed by atoms with Gasteiger partial charge in [0.1, 0.15) is 5.75 Å². The van der Waals surface area contributed by atoms with Crippen LogP contribution < -0.4 is 4.90 Å². The first-order valence-electron chi connectivity index (χ1n) is 11.7. The second-order valence-electron chi connectivity index (χ2n) is 8.80. The number of sulfonamides is 1. The Hall–Kier alpha value is -3.62. The third kappa shape index (κ3) is 5.08. The van der Waals surface area contributed by atoms with Gasteiger partial charge in [-0.1, -0.05) is 48.5 Å². The summed E-state index contributed by atoms with van der Waals surface area (Å²) in [6, 6.07) is 24.0.